The summed E-state index contributed by atoms with van der Waals surface area (Å²) in [6, 6.07) is 11.5. The summed E-state index contributed by atoms with van der Waals surface area (Å²) in [5, 5.41) is 3.29. The molecule has 5 heteroatoms. The molecular formula is C15H12BrClN2O. The first-order valence-electron chi connectivity index (χ1n) is 6.31. The van der Waals surface area contributed by atoms with Crippen LogP contribution in [0.5, 0.6) is 0 Å². The lowest BCUT2D eigenvalue weighted by atomic mass is 10.1. The van der Waals surface area contributed by atoms with E-state index in [1.165, 1.54) is 5.56 Å². The van der Waals surface area contributed by atoms with Crippen molar-refractivity contribution in [3.8, 4) is 0 Å². The standard InChI is InChI=1S/C15H12BrClN2O/c16-10-3-1-2-9(6-10)12-7-13(12)15(20)19-11-4-5-14(17)18-8-11/h1-6,8,12-13H,7H2,(H,19,20). The van der Waals surface area contributed by atoms with E-state index in [1.54, 1.807) is 18.3 Å². The minimum absolute atomic E-state index is 0.0408. The largest absolute Gasteiger partial charge is 0.324 e. The number of pyridine rings is 1. The number of aromatic nitrogens is 1. The van der Waals surface area contributed by atoms with Gasteiger partial charge in [-0.1, -0.05) is 39.7 Å². The van der Waals surface area contributed by atoms with Crippen molar-refractivity contribution >= 4 is 39.1 Å². The van der Waals surface area contributed by atoms with Crippen molar-refractivity contribution in [3.63, 3.8) is 0 Å². The maximum Gasteiger partial charge on any atom is 0.228 e. The molecule has 0 aliphatic heterocycles. The molecule has 1 aliphatic rings. The summed E-state index contributed by atoms with van der Waals surface area (Å²) in [5.74, 6) is 0.395. The Balaban J connectivity index is 1.64. The van der Waals surface area contributed by atoms with Crippen LogP contribution in [0.25, 0.3) is 0 Å². The van der Waals surface area contributed by atoms with Gasteiger partial charge in [0.25, 0.3) is 0 Å². The summed E-state index contributed by atoms with van der Waals surface area (Å²) >= 11 is 9.17. The van der Waals surface area contributed by atoms with E-state index in [4.69, 9.17) is 11.6 Å². The van der Waals surface area contributed by atoms with Gasteiger partial charge in [0.15, 0.2) is 0 Å². The normalized spacial score (nSPS) is 20.5. The molecule has 1 aromatic carbocycles. The third kappa shape index (κ3) is 3.02. The molecule has 2 atom stereocenters. The Kier molecular flexibility index (Phi) is 3.76. The van der Waals surface area contributed by atoms with Crippen molar-refractivity contribution in [3.05, 3.63) is 57.8 Å². The summed E-state index contributed by atoms with van der Waals surface area (Å²) in [6.07, 6.45) is 2.46. The van der Waals surface area contributed by atoms with E-state index in [1.807, 2.05) is 12.1 Å². The molecule has 1 aromatic heterocycles. The molecule has 2 unspecified atom stereocenters. The van der Waals surface area contributed by atoms with Crippen LogP contribution in [0.15, 0.2) is 47.1 Å². The fourth-order valence-corrected chi connectivity index (χ4v) is 2.80. The number of hydrogen-bond acceptors (Lipinski definition) is 2. The Morgan fingerprint density at radius 2 is 2.20 bits per heavy atom. The van der Waals surface area contributed by atoms with Gasteiger partial charge in [-0.15, -0.1) is 0 Å². The number of halogens is 2. The minimum atomic E-state index is 0.0408. The summed E-state index contributed by atoms with van der Waals surface area (Å²) in [5.41, 5.74) is 1.88. The lowest BCUT2D eigenvalue weighted by Gasteiger charge is -2.05. The SMILES string of the molecule is O=C(Nc1ccc(Cl)nc1)C1CC1c1cccc(Br)c1. The average Bonchev–Trinajstić information content (AvgIpc) is 3.22. The number of nitrogens with one attached hydrogen (secondary N) is 1. The molecule has 1 N–H and O–H groups in total. The highest BCUT2D eigenvalue weighted by atomic mass is 79.9. The van der Waals surface area contributed by atoms with Crippen molar-refractivity contribution in [1.82, 2.24) is 4.98 Å². The number of benzene rings is 1. The maximum atomic E-state index is 12.1. The first-order chi connectivity index (χ1) is 9.63. The van der Waals surface area contributed by atoms with Crippen LogP contribution in [0.1, 0.15) is 17.9 Å². The Hall–Kier alpha value is -1.39. The smallest absolute Gasteiger partial charge is 0.228 e. The molecule has 3 rings (SSSR count). The first-order valence-corrected chi connectivity index (χ1v) is 7.48. The van der Waals surface area contributed by atoms with E-state index in [0.29, 0.717) is 16.8 Å². The summed E-state index contributed by atoms with van der Waals surface area (Å²) in [6.45, 7) is 0. The molecule has 0 saturated heterocycles. The monoisotopic (exact) mass is 350 g/mol. The Bertz CT molecular complexity index is 645. The Morgan fingerprint density at radius 3 is 2.90 bits per heavy atom. The third-order valence-corrected chi connectivity index (χ3v) is 4.12. The Labute approximate surface area is 130 Å². The van der Waals surface area contributed by atoms with Gasteiger partial charge in [-0.3, -0.25) is 4.79 Å². The second-order valence-corrected chi connectivity index (χ2v) is 6.17. The van der Waals surface area contributed by atoms with E-state index in [2.05, 4.69) is 38.4 Å². The zero-order valence-corrected chi connectivity index (χ0v) is 12.9. The van der Waals surface area contributed by atoms with E-state index >= 15 is 0 Å². The second kappa shape index (κ2) is 5.54. The van der Waals surface area contributed by atoms with Crippen molar-refractivity contribution < 1.29 is 4.79 Å². The van der Waals surface area contributed by atoms with E-state index in [0.717, 1.165) is 10.9 Å². The van der Waals surface area contributed by atoms with Gasteiger partial charge in [0.2, 0.25) is 5.91 Å². The number of nitrogens with zero attached hydrogens (tertiary/aromatic N) is 1. The van der Waals surface area contributed by atoms with Crippen molar-refractivity contribution in [2.75, 3.05) is 5.32 Å². The van der Waals surface area contributed by atoms with E-state index in [9.17, 15) is 4.79 Å². The number of carbonyl (C=O) groups excluding carboxylic acids is 1. The molecule has 1 saturated carbocycles. The van der Waals surface area contributed by atoms with Crippen LogP contribution < -0.4 is 5.32 Å². The van der Waals surface area contributed by atoms with Gasteiger partial charge in [-0.05, 0) is 42.2 Å². The summed E-state index contributed by atoms with van der Waals surface area (Å²) in [4.78, 5) is 16.1. The quantitative estimate of drug-likeness (QED) is 0.840. The second-order valence-electron chi connectivity index (χ2n) is 4.86. The molecule has 0 bridgehead atoms. The number of amides is 1. The number of rotatable bonds is 3. The molecule has 1 aliphatic carbocycles. The van der Waals surface area contributed by atoms with Gasteiger partial charge >= 0.3 is 0 Å². The molecule has 2 aromatic rings. The molecule has 1 fully saturated rings. The maximum absolute atomic E-state index is 12.1. The third-order valence-electron chi connectivity index (χ3n) is 3.40. The molecule has 3 nitrogen and oxygen atoms in total. The van der Waals surface area contributed by atoms with Crippen LogP contribution in [0, 0.1) is 5.92 Å². The molecule has 102 valence electrons. The fraction of sp³-hybridized carbons (Fsp3) is 0.200. The Morgan fingerprint density at radius 1 is 1.35 bits per heavy atom. The van der Waals surface area contributed by atoms with Crippen LogP contribution in [0.4, 0.5) is 5.69 Å². The van der Waals surface area contributed by atoms with E-state index < -0.39 is 0 Å². The highest BCUT2D eigenvalue weighted by Gasteiger charge is 2.43. The molecule has 20 heavy (non-hydrogen) atoms. The van der Waals surface area contributed by atoms with Crippen LogP contribution in [-0.2, 0) is 4.79 Å². The molecule has 1 amide bonds. The van der Waals surface area contributed by atoms with Gasteiger partial charge in [0.05, 0.1) is 11.9 Å². The number of carbonyl (C=O) groups is 1. The minimum Gasteiger partial charge on any atom is -0.324 e. The van der Waals surface area contributed by atoms with Gasteiger partial charge in [0, 0.05) is 10.4 Å². The first kappa shape index (κ1) is 13.6. The van der Waals surface area contributed by atoms with Gasteiger partial charge < -0.3 is 5.32 Å². The average molecular weight is 352 g/mol. The van der Waals surface area contributed by atoms with Crippen LogP contribution in [-0.4, -0.2) is 10.9 Å². The lowest BCUT2D eigenvalue weighted by Crippen LogP contribution is -2.14. The van der Waals surface area contributed by atoms with Crippen LogP contribution >= 0.6 is 27.5 Å². The van der Waals surface area contributed by atoms with Crippen molar-refractivity contribution in [2.24, 2.45) is 5.92 Å². The lowest BCUT2D eigenvalue weighted by molar-refractivity contribution is -0.117. The summed E-state index contributed by atoms with van der Waals surface area (Å²) in [7, 11) is 0. The fourth-order valence-electron chi connectivity index (χ4n) is 2.28. The van der Waals surface area contributed by atoms with Gasteiger partial charge in [-0.25, -0.2) is 4.98 Å². The highest BCUT2D eigenvalue weighted by Crippen LogP contribution is 2.48. The number of anilines is 1. The molecule has 0 spiro atoms. The number of hydrogen-bond donors (Lipinski definition) is 1. The van der Waals surface area contributed by atoms with Gasteiger partial charge in [-0.2, -0.15) is 0 Å². The zero-order valence-electron chi connectivity index (χ0n) is 10.5. The van der Waals surface area contributed by atoms with Crippen molar-refractivity contribution in [2.45, 2.75) is 12.3 Å². The molecule has 0 radical (unpaired) electrons. The molecular weight excluding hydrogens is 340 g/mol. The van der Waals surface area contributed by atoms with E-state index in [-0.39, 0.29) is 11.8 Å². The zero-order chi connectivity index (χ0) is 14.1. The predicted molar refractivity (Wildman–Crippen MR) is 82.9 cm³/mol. The van der Waals surface area contributed by atoms with Gasteiger partial charge in [0.1, 0.15) is 5.15 Å². The van der Waals surface area contributed by atoms with Crippen molar-refractivity contribution in [1.29, 1.82) is 0 Å². The predicted octanol–water partition coefficient (Wildman–Crippen LogP) is 4.24. The van der Waals surface area contributed by atoms with Crippen LogP contribution in [0.3, 0.4) is 0 Å². The highest BCUT2D eigenvalue weighted by molar-refractivity contribution is 9.10. The molecule has 1 heterocycles. The van der Waals surface area contributed by atoms with Crippen LogP contribution in [0.2, 0.25) is 5.15 Å². The summed E-state index contributed by atoms with van der Waals surface area (Å²) < 4.78 is 1.04. The topological polar surface area (TPSA) is 42.0 Å².